The molecule has 2 N–H and O–H groups in total. The van der Waals surface area contributed by atoms with Crippen molar-refractivity contribution in [1.29, 1.82) is 0 Å². The highest BCUT2D eigenvalue weighted by atomic mass is 32.2. The smallest absolute Gasteiger partial charge is 0.260 e. The molecular formula is C27H32F3N5OS. The van der Waals surface area contributed by atoms with Crippen LogP contribution in [0, 0.1) is 11.7 Å². The molecule has 37 heavy (non-hydrogen) atoms. The Bertz CT molecular complexity index is 1340. The van der Waals surface area contributed by atoms with Crippen molar-refractivity contribution in [2.45, 2.75) is 76.8 Å². The van der Waals surface area contributed by atoms with Gasteiger partial charge in [0.05, 0.1) is 5.69 Å². The molecule has 0 bridgehead atoms. The number of aromatic nitrogens is 3. The molecule has 2 saturated carbocycles. The minimum atomic E-state index is -2.63. The van der Waals surface area contributed by atoms with Crippen molar-refractivity contribution >= 4 is 34.6 Å². The predicted octanol–water partition coefficient (Wildman–Crippen LogP) is 7.03. The summed E-state index contributed by atoms with van der Waals surface area (Å²) in [6.45, 7) is 3.83. The molecule has 5 rings (SSSR count). The Morgan fingerprint density at radius 3 is 2.59 bits per heavy atom. The number of nitrogens with zero attached hydrogens (tertiary/aromatic N) is 3. The Labute approximate surface area is 218 Å². The van der Waals surface area contributed by atoms with Gasteiger partial charge in [-0.1, -0.05) is 37.3 Å². The summed E-state index contributed by atoms with van der Waals surface area (Å²) in [6, 6.07) is 6.37. The molecule has 0 radical (unpaired) electrons. The van der Waals surface area contributed by atoms with Crippen LogP contribution in [0.4, 0.5) is 24.8 Å². The zero-order valence-electron chi connectivity index (χ0n) is 21.1. The van der Waals surface area contributed by atoms with E-state index in [4.69, 9.17) is 0 Å². The van der Waals surface area contributed by atoms with E-state index in [1.54, 1.807) is 22.9 Å². The van der Waals surface area contributed by atoms with E-state index in [9.17, 15) is 18.0 Å². The molecular weight excluding hydrogens is 499 g/mol. The Morgan fingerprint density at radius 2 is 1.95 bits per heavy atom. The van der Waals surface area contributed by atoms with E-state index in [2.05, 4.69) is 20.0 Å². The molecule has 0 aliphatic heterocycles. The van der Waals surface area contributed by atoms with Crippen LogP contribution >= 0.6 is 11.9 Å². The topological polar surface area (TPSA) is 71.8 Å². The average Bonchev–Trinajstić information content (AvgIpc) is 2.86. The van der Waals surface area contributed by atoms with Crippen molar-refractivity contribution < 1.29 is 13.2 Å². The summed E-state index contributed by atoms with van der Waals surface area (Å²) < 4.78 is 46.3. The largest absolute Gasteiger partial charge is 0.351 e. The van der Waals surface area contributed by atoms with Gasteiger partial charge >= 0.3 is 0 Å². The second-order valence-corrected chi connectivity index (χ2v) is 11.2. The lowest BCUT2D eigenvalue weighted by Gasteiger charge is -2.35. The van der Waals surface area contributed by atoms with Crippen LogP contribution < -0.4 is 15.6 Å². The van der Waals surface area contributed by atoms with E-state index < -0.39 is 17.7 Å². The molecule has 0 spiro atoms. The summed E-state index contributed by atoms with van der Waals surface area (Å²) in [5.74, 6) is -3.14. The van der Waals surface area contributed by atoms with Crippen molar-refractivity contribution in [2.24, 2.45) is 5.92 Å². The number of fused-ring (bicyclic) bond motifs is 1. The van der Waals surface area contributed by atoms with Gasteiger partial charge in [0, 0.05) is 47.3 Å². The second kappa shape index (κ2) is 10.6. The molecule has 1 atom stereocenters. The summed E-state index contributed by atoms with van der Waals surface area (Å²) >= 11 is 1.08. The van der Waals surface area contributed by atoms with Crippen molar-refractivity contribution in [1.82, 2.24) is 14.5 Å². The van der Waals surface area contributed by atoms with Gasteiger partial charge in [-0.15, -0.1) is 0 Å². The molecule has 10 heteroatoms. The van der Waals surface area contributed by atoms with Gasteiger partial charge in [-0.3, -0.25) is 9.36 Å². The van der Waals surface area contributed by atoms with Crippen LogP contribution in [0.2, 0.25) is 0 Å². The third-order valence-corrected chi connectivity index (χ3v) is 8.33. The quantitative estimate of drug-likeness (QED) is 0.304. The normalized spacial score (nSPS) is 19.7. The molecule has 0 saturated heterocycles. The van der Waals surface area contributed by atoms with Gasteiger partial charge in [-0.2, -0.15) is 4.98 Å². The number of hydrogen-bond donors (Lipinski definition) is 2. The third kappa shape index (κ3) is 5.44. The van der Waals surface area contributed by atoms with E-state index in [1.165, 1.54) is 31.4 Å². The molecule has 0 amide bonds. The number of halogens is 3. The SMILES string of the molecule is CC(C)n1c(=O)c(-c2ccc(NSCC3CCC3(F)F)c(F)c2)cc2cnc(NC3CCCCC3)nc21. The van der Waals surface area contributed by atoms with Gasteiger partial charge in [-0.05, 0) is 56.9 Å². The van der Waals surface area contributed by atoms with Gasteiger partial charge in [0.1, 0.15) is 11.5 Å². The van der Waals surface area contributed by atoms with Gasteiger partial charge < -0.3 is 10.0 Å². The van der Waals surface area contributed by atoms with Gasteiger partial charge in [0.15, 0.2) is 0 Å². The van der Waals surface area contributed by atoms with Gasteiger partial charge in [0.2, 0.25) is 5.95 Å². The number of nitrogens with one attached hydrogen (secondary N) is 2. The van der Waals surface area contributed by atoms with Crippen molar-refractivity contribution in [3.8, 4) is 11.1 Å². The molecule has 2 fully saturated rings. The molecule has 2 aliphatic carbocycles. The fraction of sp³-hybridized carbons (Fsp3) is 0.519. The highest BCUT2D eigenvalue weighted by molar-refractivity contribution is 8.00. The number of hydrogen-bond acceptors (Lipinski definition) is 6. The van der Waals surface area contributed by atoms with Gasteiger partial charge in [-0.25, -0.2) is 18.2 Å². The van der Waals surface area contributed by atoms with Gasteiger partial charge in [0.25, 0.3) is 11.5 Å². The zero-order valence-corrected chi connectivity index (χ0v) is 21.9. The first-order chi connectivity index (χ1) is 17.7. The molecule has 6 nitrogen and oxygen atoms in total. The summed E-state index contributed by atoms with van der Waals surface area (Å²) in [4.78, 5) is 22.7. The van der Waals surface area contributed by atoms with E-state index in [0.717, 1.165) is 24.8 Å². The lowest BCUT2D eigenvalue weighted by molar-refractivity contribution is -0.121. The van der Waals surface area contributed by atoms with Crippen molar-refractivity contribution in [3.05, 3.63) is 46.6 Å². The van der Waals surface area contributed by atoms with E-state index in [0.29, 0.717) is 40.6 Å². The first-order valence-electron chi connectivity index (χ1n) is 13.0. The number of benzene rings is 1. The van der Waals surface area contributed by atoms with Crippen LogP contribution in [0.25, 0.3) is 22.2 Å². The fourth-order valence-electron chi connectivity index (χ4n) is 5.06. The maximum Gasteiger partial charge on any atom is 0.260 e. The minimum Gasteiger partial charge on any atom is -0.351 e. The Balaban J connectivity index is 1.40. The van der Waals surface area contributed by atoms with Crippen LogP contribution in [0.5, 0.6) is 0 Å². The highest BCUT2D eigenvalue weighted by Gasteiger charge is 2.47. The summed E-state index contributed by atoms with van der Waals surface area (Å²) in [5, 5.41) is 4.11. The monoisotopic (exact) mass is 531 g/mol. The van der Waals surface area contributed by atoms with Crippen LogP contribution in [-0.2, 0) is 0 Å². The number of alkyl halides is 2. The van der Waals surface area contributed by atoms with E-state index in [1.807, 2.05) is 13.8 Å². The number of pyridine rings is 1. The Kier molecular flexibility index (Phi) is 7.38. The molecule has 2 heterocycles. The Morgan fingerprint density at radius 1 is 1.16 bits per heavy atom. The lowest BCUT2D eigenvalue weighted by Crippen LogP contribution is -2.40. The fourth-order valence-corrected chi connectivity index (χ4v) is 6.08. The molecule has 1 aromatic carbocycles. The molecule has 2 aromatic heterocycles. The average molecular weight is 532 g/mol. The van der Waals surface area contributed by atoms with E-state index in [-0.39, 0.29) is 29.5 Å². The molecule has 1 unspecified atom stereocenters. The van der Waals surface area contributed by atoms with Crippen molar-refractivity contribution in [2.75, 3.05) is 15.8 Å². The van der Waals surface area contributed by atoms with Crippen LogP contribution in [0.15, 0.2) is 35.3 Å². The maximum atomic E-state index is 14.9. The van der Waals surface area contributed by atoms with Crippen molar-refractivity contribution in [3.63, 3.8) is 0 Å². The maximum absolute atomic E-state index is 14.9. The summed E-state index contributed by atoms with van der Waals surface area (Å²) in [5.41, 5.74) is 1.27. The second-order valence-electron chi connectivity index (χ2n) is 10.4. The summed E-state index contributed by atoms with van der Waals surface area (Å²) in [6.07, 6.45) is 7.89. The first kappa shape index (κ1) is 25.9. The standard InChI is InChI=1S/C27H32F3N5OS/c1-16(2)35-24-18(14-31-26(33-24)32-20-6-4-3-5-7-20)12-21(25(35)36)17-8-9-23(22(28)13-17)34-37-15-19-10-11-27(19,29)30/h8-9,12-14,16,19-20,34H,3-7,10-11,15H2,1-2H3,(H,31,32,33). The highest BCUT2D eigenvalue weighted by Crippen LogP contribution is 2.45. The number of anilines is 2. The molecule has 2 aliphatic rings. The Hall–Kier alpha value is -2.75. The van der Waals surface area contributed by atoms with Crippen LogP contribution in [-0.4, -0.2) is 32.3 Å². The third-order valence-electron chi connectivity index (χ3n) is 7.40. The zero-order chi connectivity index (χ0) is 26.2. The van der Waals surface area contributed by atoms with E-state index >= 15 is 0 Å². The predicted molar refractivity (Wildman–Crippen MR) is 144 cm³/mol. The van der Waals surface area contributed by atoms with Crippen LogP contribution in [0.3, 0.4) is 0 Å². The first-order valence-corrected chi connectivity index (χ1v) is 14.0. The minimum absolute atomic E-state index is 0.0790. The summed E-state index contributed by atoms with van der Waals surface area (Å²) in [7, 11) is 0. The van der Waals surface area contributed by atoms with Crippen LogP contribution in [0.1, 0.15) is 64.8 Å². The number of rotatable bonds is 8. The molecule has 198 valence electrons. The molecule has 3 aromatic rings. The lowest BCUT2D eigenvalue weighted by atomic mass is 9.82.